The Kier molecular flexibility index (Phi) is 5.00. The molecule has 0 fully saturated rings. The summed E-state index contributed by atoms with van der Waals surface area (Å²) < 4.78 is 6.88. The summed E-state index contributed by atoms with van der Waals surface area (Å²) in [6.45, 7) is 0.481. The first-order chi connectivity index (χ1) is 10.0. The molecule has 0 aliphatic rings. The third-order valence-corrected chi connectivity index (χ3v) is 3.30. The number of ether oxygens (including phenoxy) is 1. The van der Waals surface area contributed by atoms with Crippen LogP contribution < -0.4 is 10.5 Å². The molecule has 0 saturated carbocycles. The number of para-hydroxylation sites is 1. The smallest absolute Gasteiger partial charge is 0.358 e. The molecule has 0 bridgehead atoms. The van der Waals surface area contributed by atoms with Gasteiger partial charge < -0.3 is 15.6 Å². The summed E-state index contributed by atoms with van der Waals surface area (Å²) in [6.07, 6.45) is 0. The van der Waals surface area contributed by atoms with Gasteiger partial charge >= 0.3 is 5.97 Å². The lowest BCUT2D eigenvalue weighted by atomic mass is 10.3. The molecule has 0 spiro atoms. The van der Waals surface area contributed by atoms with E-state index >= 15 is 0 Å². The highest BCUT2D eigenvalue weighted by Crippen LogP contribution is 2.32. The number of hydrogen-bond donors (Lipinski definition) is 2. The Labute approximate surface area is 130 Å². The number of hydrogen-bond acceptors (Lipinski definition) is 5. The molecule has 0 radical (unpaired) electrons. The van der Waals surface area contributed by atoms with Gasteiger partial charge in [0.2, 0.25) is 0 Å². The van der Waals surface area contributed by atoms with Crippen LogP contribution in [0.1, 0.15) is 16.2 Å². The Morgan fingerprint density at radius 3 is 2.62 bits per heavy atom. The number of halogens is 2. The van der Waals surface area contributed by atoms with Crippen molar-refractivity contribution in [3.8, 4) is 5.75 Å². The van der Waals surface area contributed by atoms with Gasteiger partial charge in [-0.25, -0.2) is 9.48 Å². The zero-order chi connectivity index (χ0) is 15.4. The fourth-order valence-corrected chi connectivity index (χ4v) is 2.24. The van der Waals surface area contributed by atoms with E-state index in [9.17, 15) is 4.79 Å². The van der Waals surface area contributed by atoms with Crippen molar-refractivity contribution in [2.24, 2.45) is 5.73 Å². The maximum Gasteiger partial charge on any atom is 0.358 e. The van der Waals surface area contributed by atoms with Crippen molar-refractivity contribution in [3.05, 3.63) is 39.6 Å². The lowest BCUT2D eigenvalue weighted by Crippen LogP contribution is -2.16. The van der Waals surface area contributed by atoms with E-state index in [2.05, 4.69) is 10.3 Å². The second kappa shape index (κ2) is 6.75. The molecule has 0 atom stereocenters. The maximum absolute atomic E-state index is 10.9. The van der Waals surface area contributed by atoms with Gasteiger partial charge in [0.25, 0.3) is 0 Å². The number of nitrogens with two attached hydrogens (primary N) is 1. The molecular weight excluding hydrogens is 319 g/mol. The van der Waals surface area contributed by atoms with Crippen LogP contribution in [0.4, 0.5) is 0 Å². The minimum atomic E-state index is -1.17. The minimum absolute atomic E-state index is 0.0154. The van der Waals surface area contributed by atoms with Crippen molar-refractivity contribution in [1.29, 1.82) is 0 Å². The van der Waals surface area contributed by atoms with Crippen LogP contribution in [0.5, 0.6) is 5.75 Å². The highest BCUT2D eigenvalue weighted by atomic mass is 35.5. The first-order valence-electron chi connectivity index (χ1n) is 5.97. The molecule has 1 heterocycles. The zero-order valence-corrected chi connectivity index (χ0v) is 12.3. The highest BCUT2D eigenvalue weighted by Gasteiger charge is 2.17. The lowest BCUT2D eigenvalue weighted by molar-refractivity contribution is 0.0689. The van der Waals surface area contributed by atoms with Gasteiger partial charge in [-0.05, 0) is 12.1 Å². The van der Waals surface area contributed by atoms with Gasteiger partial charge in [-0.2, -0.15) is 0 Å². The maximum atomic E-state index is 10.9. The quantitative estimate of drug-likeness (QED) is 0.837. The van der Waals surface area contributed by atoms with E-state index in [0.29, 0.717) is 21.5 Å². The van der Waals surface area contributed by atoms with Crippen LogP contribution in [0, 0.1) is 0 Å². The predicted molar refractivity (Wildman–Crippen MR) is 76.8 cm³/mol. The van der Waals surface area contributed by atoms with Gasteiger partial charge in [-0.1, -0.05) is 34.5 Å². The second-order valence-electron chi connectivity index (χ2n) is 4.02. The number of aromatic carboxylic acids is 1. The van der Waals surface area contributed by atoms with E-state index in [1.54, 1.807) is 18.2 Å². The molecular formula is C12H12Cl2N4O3. The molecule has 7 nitrogen and oxygen atoms in total. The SMILES string of the molecule is NCc1c(C(=O)O)nnn1CCOc1c(Cl)cccc1Cl. The molecule has 112 valence electrons. The molecule has 3 N–H and O–H groups in total. The summed E-state index contributed by atoms with van der Waals surface area (Å²) in [4.78, 5) is 10.9. The monoisotopic (exact) mass is 330 g/mol. The van der Waals surface area contributed by atoms with Gasteiger partial charge in [0, 0.05) is 6.54 Å². The van der Waals surface area contributed by atoms with Crippen molar-refractivity contribution < 1.29 is 14.6 Å². The van der Waals surface area contributed by atoms with E-state index in [4.69, 9.17) is 38.8 Å². The zero-order valence-electron chi connectivity index (χ0n) is 10.8. The summed E-state index contributed by atoms with van der Waals surface area (Å²) in [5, 5.41) is 17.1. The third-order valence-electron chi connectivity index (χ3n) is 2.70. The highest BCUT2D eigenvalue weighted by molar-refractivity contribution is 6.37. The second-order valence-corrected chi connectivity index (χ2v) is 4.83. The molecule has 2 rings (SSSR count). The molecule has 1 aromatic heterocycles. The Morgan fingerprint density at radius 1 is 1.38 bits per heavy atom. The summed E-state index contributed by atoms with van der Waals surface area (Å²) in [5.41, 5.74) is 5.69. The number of aromatic nitrogens is 3. The Bertz CT molecular complexity index is 640. The molecule has 2 aromatic rings. The molecule has 0 unspecified atom stereocenters. The summed E-state index contributed by atoms with van der Waals surface area (Å²) in [7, 11) is 0. The van der Waals surface area contributed by atoms with Crippen LogP contribution in [-0.2, 0) is 13.1 Å². The van der Waals surface area contributed by atoms with Gasteiger partial charge in [-0.15, -0.1) is 5.10 Å². The van der Waals surface area contributed by atoms with Crippen molar-refractivity contribution >= 4 is 29.2 Å². The molecule has 0 saturated heterocycles. The first-order valence-corrected chi connectivity index (χ1v) is 6.72. The van der Waals surface area contributed by atoms with Crippen molar-refractivity contribution in [3.63, 3.8) is 0 Å². The molecule has 21 heavy (non-hydrogen) atoms. The average Bonchev–Trinajstić information content (AvgIpc) is 2.85. The van der Waals surface area contributed by atoms with Gasteiger partial charge in [0.1, 0.15) is 6.61 Å². The van der Waals surface area contributed by atoms with Gasteiger partial charge in [-0.3, -0.25) is 0 Å². The molecule has 9 heteroatoms. The van der Waals surface area contributed by atoms with E-state index < -0.39 is 5.97 Å². The minimum Gasteiger partial charge on any atom is -0.489 e. The molecule has 0 aliphatic carbocycles. The van der Waals surface area contributed by atoms with Crippen LogP contribution in [-0.4, -0.2) is 32.7 Å². The van der Waals surface area contributed by atoms with Crippen LogP contribution in [0.15, 0.2) is 18.2 Å². The Balaban J connectivity index is 2.06. The van der Waals surface area contributed by atoms with Gasteiger partial charge in [0.05, 0.1) is 22.3 Å². The van der Waals surface area contributed by atoms with Crippen LogP contribution >= 0.6 is 23.2 Å². The molecule has 1 aromatic carbocycles. The van der Waals surface area contributed by atoms with Crippen LogP contribution in [0.2, 0.25) is 10.0 Å². The standard InChI is InChI=1S/C12H12Cl2N4O3/c13-7-2-1-3-8(14)11(7)21-5-4-18-9(6-15)10(12(19)20)16-17-18/h1-3H,4-6,15H2,(H,19,20). The van der Waals surface area contributed by atoms with E-state index in [0.717, 1.165) is 0 Å². The number of carboxylic acids is 1. The Morgan fingerprint density at radius 2 is 2.05 bits per heavy atom. The first kappa shape index (κ1) is 15.6. The van der Waals surface area contributed by atoms with Gasteiger partial charge in [0.15, 0.2) is 11.4 Å². The third kappa shape index (κ3) is 3.44. The summed E-state index contributed by atoms with van der Waals surface area (Å²) in [5.74, 6) is -0.800. The number of nitrogens with zero attached hydrogens (tertiary/aromatic N) is 3. The summed E-state index contributed by atoms with van der Waals surface area (Å²) >= 11 is 11.9. The van der Waals surface area contributed by atoms with Crippen LogP contribution in [0.25, 0.3) is 0 Å². The summed E-state index contributed by atoms with van der Waals surface area (Å²) in [6, 6.07) is 5.03. The van der Waals surface area contributed by atoms with E-state index in [1.807, 2.05) is 0 Å². The van der Waals surface area contributed by atoms with Crippen molar-refractivity contribution in [2.45, 2.75) is 13.1 Å². The topological polar surface area (TPSA) is 103 Å². The number of benzene rings is 1. The largest absolute Gasteiger partial charge is 0.489 e. The number of carbonyl (C=O) groups is 1. The molecule has 0 aliphatic heterocycles. The fraction of sp³-hybridized carbons (Fsp3) is 0.250. The van der Waals surface area contributed by atoms with Crippen molar-refractivity contribution in [1.82, 2.24) is 15.0 Å². The fourth-order valence-electron chi connectivity index (χ4n) is 1.74. The average molecular weight is 331 g/mol. The van der Waals surface area contributed by atoms with Crippen molar-refractivity contribution in [2.75, 3.05) is 6.61 Å². The van der Waals surface area contributed by atoms with E-state index in [1.165, 1.54) is 4.68 Å². The predicted octanol–water partition coefficient (Wildman–Crippen LogP) is 1.82. The lowest BCUT2D eigenvalue weighted by Gasteiger charge is -2.10. The normalized spacial score (nSPS) is 10.6. The Hall–Kier alpha value is -1.83. The van der Waals surface area contributed by atoms with E-state index in [-0.39, 0.29) is 25.4 Å². The number of carboxylic acid groups (broad SMARTS) is 1. The molecule has 0 amide bonds. The number of rotatable bonds is 6. The van der Waals surface area contributed by atoms with Crippen LogP contribution in [0.3, 0.4) is 0 Å².